The number of para-hydroxylation sites is 3. The third-order valence-electron chi connectivity index (χ3n) is 10.5. The maximum absolute atomic E-state index is 6.87. The van der Waals surface area contributed by atoms with Crippen LogP contribution in [0.3, 0.4) is 0 Å². The minimum Gasteiger partial charge on any atom is -0.455 e. The van der Waals surface area contributed by atoms with Crippen molar-refractivity contribution in [2.45, 2.75) is 0 Å². The highest BCUT2D eigenvalue weighted by Crippen LogP contribution is 2.47. The Morgan fingerprint density at radius 2 is 0.759 bits per heavy atom. The van der Waals surface area contributed by atoms with Crippen LogP contribution in [0.4, 0.5) is 17.1 Å². The lowest BCUT2D eigenvalue weighted by atomic mass is 9.97. The molecule has 2 heteroatoms. The summed E-state index contributed by atoms with van der Waals surface area (Å²) in [7, 11) is 0. The summed E-state index contributed by atoms with van der Waals surface area (Å²) in [6, 6.07) is 75.7. The van der Waals surface area contributed by atoms with Crippen molar-refractivity contribution in [3.05, 3.63) is 212 Å². The Labute approximate surface area is 314 Å². The molecule has 0 fully saturated rings. The summed E-state index contributed by atoms with van der Waals surface area (Å²) in [5, 5.41) is 4.53. The van der Waals surface area contributed by atoms with Gasteiger partial charge in [-0.1, -0.05) is 182 Å². The minimum atomic E-state index is 0.891. The molecule has 0 saturated carbocycles. The maximum Gasteiger partial charge on any atom is 0.143 e. The first-order chi connectivity index (χ1) is 26.8. The summed E-state index contributed by atoms with van der Waals surface area (Å²) >= 11 is 0. The van der Waals surface area contributed by atoms with E-state index in [0.29, 0.717) is 0 Å². The zero-order valence-corrected chi connectivity index (χ0v) is 29.6. The molecule has 0 aliphatic rings. The second kappa shape index (κ2) is 13.4. The summed E-state index contributed by atoms with van der Waals surface area (Å²) in [6.45, 7) is 0. The van der Waals surface area contributed by atoms with Crippen molar-refractivity contribution in [3.8, 4) is 44.5 Å². The third kappa shape index (κ3) is 5.53. The molecule has 2 nitrogen and oxygen atoms in total. The van der Waals surface area contributed by atoms with Crippen LogP contribution in [0.25, 0.3) is 77.2 Å². The molecule has 0 aliphatic carbocycles. The van der Waals surface area contributed by atoms with Crippen molar-refractivity contribution in [3.63, 3.8) is 0 Å². The third-order valence-corrected chi connectivity index (χ3v) is 10.5. The van der Waals surface area contributed by atoms with E-state index in [9.17, 15) is 0 Å². The van der Waals surface area contributed by atoms with Crippen molar-refractivity contribution in [2.75, 3.05) is 4.90 Å². The predicted molar refractivity (Wildman–Crippen MR) is 228 cm³/mol. The molecule has 254 valence electrons. The number of rotatable bonds is 7. The molecule has 1 aromatic heterocycles. The van der Waals surface area contributed by atoms with E-state index in [1.54, 1.807) is 0 Å². The topological polar surface area (TPSA) is 16.4 Å². The second-order valence-corrected chi connectivity index (χ2v) is 13.7. The van der Waals surface area contributed by atoms with Crippen LogP contribution in [0.5, 0.6) is 0 Å². The van der Waals surface area contributed by atoms with Gasteiger partial charge in [0, 0.05) is 38.5 Å². The van der Waals surface area contributed by atoms with E-state index in [4.69, 9.17) is 4.42 Å². The molecular formula is C52H35NO. The monoisotopic (exact) mass is 689 g/mol. The van der Waals surface area contributed by atoms with Crippen LogP contribution >= 0.6 is 0 Å². The Kier molecular flexibility index (Phi) is 7.85. The zero-order valence-electron chi connectivity index (χ0n) is 29.6. The van der Waals surface area contributed by atoms with Gasteiger partial charge in [-0.3, -0.25) is 0 Å². The van der Waals surface area contributed by atoms with Gasteiger partial charge in [-0.05, 0) is 63.5 Å². The summed E-state index contributed by atoms with van der Waals surface area (Å²) in [4.78, 5) is 2.40. The summed E-state index contributed by atoms with van der Waals surface area (Å²) < 4.78 is 6.87. The van der Waals surface area contributed by atoms with Crippen LogP contribution in [0, 0.1) is 0 Å². The number of hydrogen-bond donors (Lipinski definition) is 0. The van der Waals surface area contributed by atoms with Gasteiger partial charge in [0.15, 0.2) is 0 Å². The molecule has 0 aliphatic heterocycles. The number of furan rings is 1. The van der Waals surface area contributed by atoms with Gasteiger partial charge in [0.25, 0.3) is 0 Å². The van der Waals surface area contributed by atoms with Crippen molar-refractivity contribution in [1.29, 1.82) is 0 Å². The molecule has 0 amide bonds. The van der Waals surface area contributed by atoms with Crippen LogP contribution in [0.1, 0.15) is 0 Å². The zero-order chi connectivity index (χ0) is 35.8. The van der Waals surface area contributed by atoms with Crippen LogP contribution in [-0.2, 0) is 0 Å². The van der Waals surface area contributed by atoms with E-state index in [-0.39, 0.29) is 0 Å². The predicted octanol–water partition coefficient (Wildman–Crippen LogP) is 14.9. The Morgan fingerprint density at radius 1 is 0.278 bits per heavy atom. The lowest BCUT2D eigenvalue weighted by Crippen LogP contribution is -2.12. The van der Waals surface area contributed by atoms with Gasteiger partial charge >= 0.3 is 0 Å². The smallest absolute Gasteiger partial charge is 0.143 e. The summed E-state index contributed by atoms with van der Waals surface area (Å²) in [5.41, 5.74) is 14.3. The molecule has 0 radical (unpaired) electrons. The Bertz CT molecular complexity index is 2910. The molecule has 1 heterocycles. The first-order valence-electron chi connectivity index (χ1n) is 18.4. The van der Waals surface area contributed by atoms with Gasteiger partial charge < -0.3 is 9.32 Å². The Hall–Kier alpha value is -7.16. The molecular weight excluding hydrogens is 655 g/mol. The fraction of sp³-hybridized carbons (Fsp3) is 0. The molecule has 0 atom stereocenters. The van der Waals surface area contributed by atoms with Crippen LogP contribution in [0.15, 0.2) is 217 Å². The first-order valence-corrected chi connectivity index (χ1v) is 18.4. The van der Waals surface area contributed by atoms with Crippen molar-refractivity contribution >= 4 is 49.8 Å². The fourth-order valence-corrected chi connectivity index (χ4v) is 7.86. The van der Waals surface area contributed by atoms with E-state index >= 15 is 0 Å². The number of hydrogen-bond acceptors (Lipinski definition) is 2. The second-order valence-electron chi connectivity index (χ2n) is 13.7. The normalized spacial score (nSPS) is 11.3. The Morgan fingerprint density at radius 3 is 1.46 bits per heavy atom. The molecule has 0 spiro atoms. The molecule has 0 bridgehead atoms. The average molecular weight is 690 g/mol. The van der Waals surface area contributed by atoms with Gasteiger partial charge in [0.1, 0.15) is 11.2 Å². The molecule has 10 rings (SSSR count). The number of fused-ring (bicyclic) bond motifs is 5. The van der Waals surface area contributed by atoms with Gasteiger partial charge in [-0.25, -0.2) is 0 Å². The highest BCUT2D eigenvalue weighted by atomic mass is 16.3. The lowest BCUT2D eigenvalue weighted by molar-refractivity contribution is 0.674. The summed E-state index contributed by atoms with van der Waals surface area (Å²) in [5.74, 6) is 0. The minimum absolute atomic E-state index is 0.891. The van der Waals surface area contributed by atoms with Crippen molar-refractivity contribution in [2.24, 2.45) is 0 Å². The van der Waals surface area contributed by atoms with E-state index in [1.165, 1.54) is 27.6 Å². The number of benzene rings is 9. The highest BCUT2D eigenvalue weighted by Gasteiger charge is 2.22. The fourth-order valence-electron chi connectivity index (χ4n) is 7.86. The van der Waals surface area contributed by atoms with Crippen molar-refractivity contribution in [1.82, 2.24) is 0 Å². The van der Waals surface area contributed by atoms with E-state index < -0.39 is 0 Å². The molecule has 9 aromatic carbocycles. The van der Waals surface area contributed by atoms with Gasteiger partial charge in [-0.2, -0.15) is 0 Å². The summed E-state index contributed by atoms with van der Waals surface area (Å²) in [6.07, 6.45) is 0. The molecule has 0 unspecified atom stereocenters. The van der Waals surface area contributed by atoms with E-state index in [1.807, 2.05) is 0 Å². The first kappa shape index (κ1) is 31.6. The van der Waals surface area contributed by atoms with Crippen LogP contribution < -0.4 is 4.90 Å². The molecule has 0 saturated heterocycles. The SMILES string of the molecule is c1ccc(-c2ccc(-c3ccc(N(c4ccccc4-c4ccccc4)c4ccccc4-c4cccc5c4oc4c6ccccc6ccc54)cc3)cc2)cc1. The number of nitrogens with zero attached hydrogens (tertiary/aromatic N) is 1. The van der Waals surface area contributed by atoms with E-state index in [0.717, 1.165) is 66.6 Å². The molecule has 10 aromatic rings. The van der Waals surface area contributed by atoms with Crippen molar-refractivity contribution < 1.29 is 4.42 Å². The van der Waals surface area contributed by atoms with Gasteiger partial charge in [0.05, 0.1) is 11.4 Å². The molecule has 0 N–H and O–H groups in total. The van der Waals surface area contributed by atoms with Gasteiger partial charge in [-0.15, -0.1) is 0 Å². The quantitative estimate of drug-likeness (QED) is 0.166. The van der Waals surface area contributed by atoms with Crippen LogP contribution in [-0.4, -0.2) is 0 Å². The maximum atomic E-state index is 6.87. The van der Waals surface area contributed by atoms with E-state index in [2.05, 4.69) is 217 Å². The molecule has 54 heavy (non-hydrogen) atoms. The highest BCUT2D eigenvalue weighted by molar-refractivity contribution is 6.17. The lowest BCUT2D eigenvalue weighted by Gasteiger charge is -2.30. The number of anilines is 3. The van der Waals surface area contributed by atoms with Crippen LogP contribution in [0.2, 0.25) is 0 Å². The standard InChI is InChI=1S/C52H35NO/c1-3-14-36(15-4-1)37-26-28-38(29-27-37)39-30-33-42(34-31-39)53(49-24-11-9-19-43(49)40-16-5-2-6-17-40)50-25-12-10-21-45(50)46-22-13-23-47-48-35-32-41-18-7-8-20-44(41)51(48)54-52(46)47/h1-35H. The Balaban J connectivity index is 1.14. The van der Waals surface area contributed by atoms with Gasteiger partial charge in [0.2, 0.25) is 0 Å². The average Bonchev–Trinajstić information content (AvgIpc) is 3.65. The largest absolute Gasteiger partial charge is 0.455 e.